The highest BCUT2D eigenvalue weighted by Gasteiger charge is 2.42. The van der Waals surface area contributed by atoms with E-state index in [1.54, 1.807) is 0 Å². The zero-order valence-corrected chi connectivity index (χ0v) is 8.56. The van der Waals surface area contributed by atoms with Crippen LogP contribution in [0.4, 0.5) is 18.9 Å². The molecule has 0 amide bonds. The van der Waals surface area contributed by atoms with Crippen molar-refractivity contribution in [2.45, 2.75) is 12.3 Å². The highest BCUT2D eigenvalue weighted by atomic mass is 19.4. The summed E-state index contributed by atoms with van der Waals surface area (Å²) >= 11 is 0. The topological polar surface area (TPSA) is 72.6 Å². The lowest BCUT2D eigenvalue weighted by molar-refractivity contribution is -0.387. The Morgan fingerprint density at radius 2 is 2.06 bits per heavy atom. The van der Waals surface area contributed by atoms with Gasteiger partial charge in [0.2, 0.25) is 0 Å². The molecule has 1 rings (SSSR count). The fourth-order valence-corrected chi connectivity index (χ4v) is 1.22. The van der Waals surface area contributed by atoms with Crippen LogP contribution in [0.25, 0.3) is 0 Å². The molecule has 1 atom stereocenters. The summed E-state index contributed by atoms with van der Waals surface area (Å²) in [4.78, 5) is 9.54. The lowest BCUT2D eigenvalue weighted by Crippen LogP contribution is -2.21. The van der Waals surface area contributed by atoms with E-state index in [9.17, 15) is 23.3 Å². The number of methoxy groups -OCH3 is 1. The number of rotatable bonds is 3. The van der Waals surface area contributed by atoms with E-state index in [-0.39, 0.29) is 5.75 Å². The van der Waals surface area contributed by atoms with Crippen molar-refractivity contribution in [2.75, 3.05) is 7.11 Å². The number of aliphatic hydroxyl groups is 1. The maximum absolute atomic E-state index is 12.3. The van der Waals surface area contributed by atoms with Gasteiger partial charge in [0.1, 0.15) is 5.75 Å². The summed E-state index contributed by atoms with van der Waals surface area (Å²) in [5.41, 5.74) is -1.66. The fraction of sp³-hybridized carbons (Fsp3) is 0.333. The molecule has 1 aromatic carbocycles. The second kappa shape index (κ2) is 4.58. The molecule has 0 heterocycles. The SMILES string of the molecule is COc1ccc([N+](=O)[O-])c([C@@H](O)C(F)(F)F)c1. The molecule has 0 bridgehead atoms. The highest BCUT2D eigenvalue weighted by molar-refractivity contribution is 5.47. The van der Waals surface area contributed by atoms with Crippen LogP contribution in [0, 0.1) is 10.1 Å². The van der Waals surface area contributed by atoms with Gasteiger partial charge in [-0.2, -0.15) is 13.2 Å². The third-order valence-corrected chi connectivity index (χ3v) is 2.04. The second-order valence-electron chi connectivity index (χ2n) is 3.13. The summed E-state index contributed by atoms with van der Waals surface area (Å²) in [6.07, 6.45) is -7.89. The lowest BCUT2D eigenvalue weighted by atomic mass is 10.1. The van der Waals surface area contributed by atoms with Crippen molar-refractivity contribution in [2.24, 2.45) is 0 Å². The van der Waals surface area contributed by atoms with Gasteiger partial charge in [0, 0.05) is 6.07 Å². The van der Waals surface area contributed by atoms with E-state index in [1.165, 1.54) is 7.11 Å². The van der Waals surface area contributed by atoms with Gasteiger partial charge in [0.15, 0.2) is 6.10 Å². The number of hydrogen-bond acceptors (Lipinski definition) is 4. The van der Waals surface area contributed by atoms with E-state index < -0.39 is 28.5 Å². The van der Waals surface area contributed by atoms with E-state index >= 15 is 0 Å². The van der Waals surface area contributed by atoms with Gasteiger partial charge < -0.3 is 9.84 Å². The summed E-state index contributed by atoms with van der Waals surface area (Å²) in [5.74, 6) is -0.00565. The number of alkyl halides is 3. The van der Waals surface area contributed by atoms with Crippen molar-refractivity contribution in [1.29, 1.82) is 0 Å². The van der Waals surface area contributed by atoms with Crippen molar-refractivity contribution < 1.29 is 27.9 Å². The zero-order chi connectivity index (χ0) is 13.2. The minimum atomic E-state index is -4.98. The number of benzene rings is 1. The number of nitro groups is 1. The summed E-state index contributed by atoms with van der Waals surface area (Å²) in [6, 6.07) is 2.78. The van der Waals surface area contributed by atoms with Gasteiger partial charge in [-0.15, -0.1) is 0 Å². The quantitative estimate of drug-likeness (QED) is 0.660. The number of aliphatic hydroxyl groups excluding tert-OH is 1. The highest BCUT2D eigenvalue weighted by Crippen LogP contribution is 2.38. The minimum absolute atomic E-state index is 0.00565. The lowest BCUT2D eigenvalue weighted by Gasteiger charge is -2.15. The number of nitro benzene ring substituents is 1. The van der Waals surface area contributed by atoms with Crippen molar-refractivity contribution in [3.05, 3.63) is 33.9 Å². The molecule has 1 aromatic rings. The van der Waals surface area contributed by atoms with Gasteiger partial charge in [0.25, 0.3) is 5.69 Å². The van der Waals surface area contributed by atoms with Crippen LogP contribution in [0.1, 0.15) is 11.7 Å². The maximum atomic E-state index is 12.3. The van der Waals surface area contributed by atoms with Crippen molar-refractivity contribution in [3.63, 3.8) is 0 Å². The Labute approximate surface area is 93.6 Å². The number of halogens is 3. The molecule has 0 unspecified atom stereocenters. The molecule has 0 aromatic heterocycles. The molecule has 0 radical (unpaired) electrons. The van der Waals surface area contributed by atoms with Crippen LogP contribution in [-0.4, -0.2) is 23.3 Å². The summed E-state index contributed by atoms with van der Waals surface area (Å²) in [6.45, 7) is 0. The van der Waals surface area contributed by atoms with E-state index in [4.69, 9.17) is 5.11 Å². The average molecular weight is 251 g/mol. The first-order valence-electron chi connectivity index (χ1n) is 4.34. The Kier molecular flexibility index (Phi) is 3.56. The Morgan fingerprint density at radius 3 is 2.47 bits per heavy atom. The molecule has 8 heteroatoms. The van der Waals surface area contributed by atoms with Crippen molar-refractivity contribution >= 4 is 5.69 Å². The molecule has 0 saturated heterocycles. The average Bonchev–Trinajstić information content (AvgIpc) is 2.25. The van der Waals surface area contributed by atoms with Gasteiger partial charge in [-0.3, -0.25) is 10.1 Å². The van der Waals surface area contributed by atoms with Gasteiger partial charge in [-0.05, 0) is 12.1 Å². The number of nitrogens with zero attached hydrogens (tertiary/aromatic N) is 1. The number of ether oxygens (including phenoxy) is 1. The smallest absolute Gasteiger partial charge is 0.418 e. The van der Waals surface area contributed by atoms with Gasteiger partial charge in [-0.25, -0.2) is 0 Å². The van der Waals surface area contributed by atoms with Gasteiger partial charge >= 0.3 is 6.18 Å². The molecular weight excluding hydrogens is 243 g/mol. The fourth-order valence-electron chi connectivity index (χ4n) is 1.22. The van der Waals surface area contributed by atoms with Crippen molar-refractivity contribution in [3.8, 4) is 5.75 Å². The van der Waals surface area contributed by atoms with Crippen molar-refractivity contribution in [1.82, 2.24) is 0 Å². The molecule has 5 nitrogen and oxygen atoms in total. The molecule has 0 spiro atoms. The van der Waals surface area contributed by atoms with Crippen LogP contribution in [-0.2, 0) is 0 Å². The molecule has 94 valence electrons. The standard InChI is InChI=1S/C9H8F3NO4/c1-17-5-2-3-7(13(15)16)6(4-5)8(14)9(10,11)12/h2-4,8,14H,1H3/t8-/m1/s1. The molecular formula is C9H8F3NO4. The van der Waals surface area contributed by atoms with Crippen LogP contribution in [0.2, 0.25) is 0 Å². The molecule has 0 aliphatic heterocycles. The minimum Gasteiger partial charge on any atom is -0.497 e. The molecule has 0 aliphatic rings. The molecule has 1 N–H and O–H groups in total. The van der Waals surface area contributed by atoms with Gasteiger partial charge in [0.05, 0.1) is 17.6 Å². The Hall–Kier alpha value is -1.83. The third kappa shape index (κ3) is 2.84. The van der Waals surface area contributed by atoms with Crippen LogP contribution in [0.5, 0.6) is 5.75 Å². The molecule has 17 heavy (non-hydrogen) atoms. The van der Waals surface area contributed by atoms with Crippen LogP contribution < -0.4 is 4.74 Å². The first-order chi connectivity index (χ1) is 7.77. The van der Waals surface area contributed by atoms with Crippen LogP contribution in [0.15, 0.2) is 18.2 Å². The first-order valence-corrected chi connectivity index (χ1v) is 4.34. The third-order valence-electron chi connectivity index (χ3n) is 2.04. The number of hydrogen-bond donors (Lipinski definition) is 1. The van der Waals surface area contributed by atoms with Gasteiger partial charge in [-0.1, -0.05) is 0 Å². The summed E-state index contributed by atoms with van der Waals surface area (Å²) < 4.78 is 41.6. The largest absolute Gasteiger partial charge is 0.497 e. The second-order valence-corrected chi connectivity index (χ2v) is 3.13. The normalized spacial score (nSPS) is 13.2. The van der Waals surface area contributed by atoms with E-state index in [0.29, 0.717) is 0 Å². The van der Waals surface area contributed by atoms with Crippen LogP contribution >= 0.6 is 0 Å². The zero-order valence-electron chi connectivity index (χ0n) is 8.56. The van der Waals surface area contributed by atoms with Crippen LogP contribution in [0.3, 0.4) is 0 Å². The monoisotopic (exact) mass is 251 g/mol. The summed E-state index contributed by atoms with van der Waals surface area (Å²) in [5, 5.41) is 19.6. The summed E-state index contributed by atoms with van der Waals surface area (Å²) in [7, 11) is 1.20. The Morgan fingerprint density at radius 1 is 1.47 bits per heavy atom. The maximum Gasteiger partial charge on any atom is 0.418 e. The molecule has 0 aliphatic carbocycles. The molecule has 0 saturated carbocycles. The first kappa shape index (κ1) is 13.2. The Bertz CT molecular complexity index is 433. The molecule has 0 fully saturated rings. The predicted molar refractivity (Wildman–Crippen MR) is 50.7 cm³/mol. The predicted octanol–water partition coefficient (Wildman–Crippen LogP) is 2.20. The van der Waals surface area contributed by atoms with E-state index in [2.05, 4.69) is 4.74 Å². The Balaban J connectivity index is 3.32. The van der Waals surface area contributed by atoms with E-state index in [0.717, 1.165) is 18.2 Å². The van der Waals surface area contributed by atoms with E-state index in [1.807, 2.05) is 0 Å².